The molecule has 2 saturated heterocycles. The minimum absolute atomic E-state index is 0.0348. The molecule has 2 aliphatic rings. The quantitative estimate of drug-likeness (QED) is 0.231. The van der Waals surface area contributed by atoms with E-state index in [1.165, 1.54) is 42.8 Å². The summed E-state index contributed by atoms with van der Waals surface area (Å²) in [6, 6.07) is 4.76. The molecule has 8 nitrogen and oxygen atoms in total. The zero-order valence-corrected chi connectivity index (χ0v) is 25.9. The molecule has 2 fully saturated rings. The first kappa shape index (κ1) is 32.0. The number of Topliss-reactive ketones (excluding diaryl/α,β-unsaturated/α-hetero) is 1. The standard InChI is InChI=1S/C32H38F3N5O3S/c1-3-4-6-23-7-5-12-40(23)19-27-30(22-9-8-20(2)24(15-22)32(33,34)35)38-29(44-27)16-26(41)25-17-37-28(18-36-25)39-13-10-21(11-14-39)31(42)43/h8-9,15,17-18,21,23H,3-7,10-14,16,19H2,1-2H3,(H,42,43). The van der Waals surface area contributed by atoms with E-state index in [1.807, 2.05) is 4.90 Å². The number of carbonyl (C=O) groups is 2. The van der Waals surface area contributed by atoms with Crippen molar-refractivity contribution >= 4 is 28.9 Å². The van der Waals surface area contributed by atoms with Crippen LogP contribution in [0.3, 0.4) is 0 Å². The fourth-order valence-electron chi connectivity index (χ4n) is 6.15. The lowest BCUT2D eigenvalue weighted by Crippen LogP contribution is -2.36. The fraction of sp³-hybridized carbons (Fsp3) is 0.531. The van der Waals surface area contributed by atoms with Crippen molar-refractivity contribution in [3.05, 3.63) is 57.3 Å². The van der Waals surface area contributed by atoms with Crippen LogP contribution in [0.1, 0.15) is 83.4 Å². The zero-order valence-electron chi connectivity index (χ0n) is 25.1. The van der Waals surface area contributed by atoms with Crippen LogP contribution in [0.2, 0.25) is 0 Å². The zero-order chi connectivity index (χ0) is 31.4. The van der Waals surface area contributed by atoms with Crippen molar-refractivity contribution in [1.29, 1.82) is 0 Å². The molecule has 12 heteroatoms. The van der Waals surface area contributed by atoms with Gasteiger partial charge in [-0.3, -0.25) is 14.5 Å². The van der Waals surface area contributed by atoms with Crippen molar-refractivity contribution in [2.24, 2.45) is 5.92 Å². The van der Waals surface area contributed by atoms with Crippen molar-refractivity contribution in [3.63, 3.8) is 0 Å². The number of carbonyl (C=O) groups excluding carboxylic acids is 1. The number of hydrogen-bond acceptors (Lipinski definition) is 8. The van der Waals surface area contributed by atoms with Crippen LogP contribution in [0, 0.1) is 12.8 Å². The highest BCUT2D eigenvalue weighted by Crippen LogP contribution is 2.38. The number of ketones is 1. The minimum atomic E-state index is -4.48. The molecular weight excluding hydrogens is 591 g/mol. The van der Waals surface area contributed by atoms with Crippen LogP contribution in [-0.4, -0.2) is 62.4 Å². The molecule has 1 N–H and O–H groups in total. The van der Waals surface area contributed by atoms with Gasteiger partial charge in [-0.05, 0) is 57.2 Å². The van der Waals surface area contributed by atoms with Gasteiger partial charge in [0.25, 0.3) is 0 Å². The number of likely N-dealkylation sites (tertiary alicyclic amines) is 1. The van der Waals surface area contributed by atoms with E-state index in [1.54, 1.807) is 6.07 Å². The molecule has 0 saturated carbocycles. The molecule has 1 aromatic carbocycles. The Balaban J connectivity index is 1.36. The number of nitrogens with zero attached hydrogens (tertiary/aromatic N) is 5. The fourth-order valence-corrected chi connectivity index (χ4v) is 7.26. The summed E-state index contributed by atoms with van der Waals surface area (Å²) in [6.07, 6.45) is 5.00. The Bertz CT molecular complexity index is 1470. The summed E-state index contributed by atoms with van der Waals surface area (Å²) in [7, 11) is 0. The van der Waals surface area contributed by atoms with Crippen molar-refractivity contribution in [2.75, 3.05) is 24.5 Å². The average molecular weight is 630 g/mol. The number of hydrogen-bond donors (Lipinski definition) is 1. The first-order valence-electron chi connectivity index (χ1n) is 15.3. The molecular formula is C32H38F3N5O3S. The summed E-state index contributed by atoms with van der Waals surface area (Å²) < 4.78 is 41.4. The van der Waals surface area contributed by atoms with Gasteiger partial charge in [0.1, 0.15) is 16.5 Å². The molecule has 2 aliphatic heterocycles. The predicted molar refractivity (Wildman–Crippen MR) is 163 cm³/mol. The summed E-state index contributed by atoms with van der Waals surface area (Å²) >= 11 is 1.38. The summed E-state index contributed by atoms with van der Waals surface area (Å²) in [5.41, 5.74) is 0.543. The van der Waals surface area contributed by atoms with Gasteiger partial charge in [-0.1, -0.05) is 31.9 Å². The maximum Gasteiger partial charge on any atom is 0.416 e. The van der Waals surface area contributed by atoms with E-state index >= 15 is 0 Å². The third-order valence-corrected chi connectivity index (χ3v) is 9.74. The molecule has 0 aliphatic carbocycles. The molecule has 1 unspecified atom stereocenters. The molecule has 2 aromatic heterocycles. The smallest absolute Gasteiger partial charge is 0.416 e. The summed E-state index contributed by atoms with van der Waals surface area (Å²) in [5, 5.41) is 9.76. The van der Waals surface area contributed by atoms with Crippen LogP contribution in [0.25, 0.3) is 11.3 Å². The van der Waals surface area contributed by atoms with E-state index in [9.17, 15) is 27.9 Å². The number of alkyl halides is 3. The first-order chi connectivity index (χ1) is 21.0. The van der Waals surface area contributed by atoms with E-state index in [0.29, 0.717) is 60.6 Å². The topological polar surface area (TPSA) is 99.5 Å². The number of piperidine rings is 1. The van der Waals surface area contributed by atoms with Crippen molar-refractivity contribution in [2.45, 2.75) is 84.0 Å². The maximum atomic E-state index is 13.8. The molecule has 0 radical (unpaired) electrons. The second kappa shape index (κ2) is 13.7. The number of carboxylic acid groups (broad SMARTS) is 1. The molecule has 3 aromatic rings. The number of anilines is 1. The highest BCUT2D eigenvalue weighted by molar-refractivity contribution is 7.12. The van der Waals surface area contributed by atoms with Gasteiger partial charge in [-0.2, -0.15) is 13.2 Å². The highest BCUT2D eigenvalue weighted by Gasteiger charge is 2.33. The second-order valence-corrected chi connectivity index (χ2v) is 12.9. The van der Waals surface area contributed by atoms with Gasteiger partial charge in [0.2, 0.25) is 0 Å². The number of benzene rings is 1. The summed E-state index contributed by atoms with van der Waals surface area (Å²) in [5.74, 6) is -0.833. The minimum Gasteiger partial charge on any atom is -0.481 e. The number of rotatable bonds is 11. The van der Waals surface area contributed by atoms with Crippen molar-refractivity contribution < 1.29 is 27.9 Å². The predicted octanol–water partition coefficient (Wildman–Crippen LogP) is 6.81. The summed E-state index contributed by atoms with van der Waals surface area (Å²) in [4.78, 5) is 43.2. The van der Waals surface area contributed by atoms with Gasteiger partial charge in [0.15, 0.2) is 5.78 Å². The molecule has 4 heterocycles. The van der Waals surface area contributed by atoms with Gasteiger partial charge in [-0.15, -0.1) is 11.3 Å². The normalized spacial score (nSPS) is 18.2. The Labute approximate surface area is 259 Å². The van der Waals surface area contributed by atoms with Gasteiger partial charge >= 0.3 is 12.1 Å². The lowest BCUT2D eigenvalue weighted by molar-refractivity contribution is -0.142. The van der Waals surface area contributed by atoms with Crippen LogP contribution in [-0.2, 0) is 23.9 Å². The Kier molecular flexibility index (Phi) is 9.99. The van der Waals surface area contributed by atoms with Crippen molar-refractivity contribution in [3.8, 4) is 11.3 Å². The monoisotopic (exact) mass is 629 g/mol. The molecule has 44 heavy (non-hydrogen) atoms. The van der Waals surface area contributed by atoms with Crippen molar-refractivity contribution in [1.82, 2.24) is 19.9 Å². The van der Waals surface area contributed by atoms with Gasteiger partial charge in [0, 0.05) is 36.1 Å². The van der Waals surface area contributed by atoms with Crippen LogP contribution in [0.5, 0.6) is 0 Å². The Morgan fingerprint density at radius 2 is 1.86 bits per heavy atom. The molecule has 0 amide bonds. The van der Waals surface area contributed by atoms with E-state index in [-0.39, 0.29) is 29.4 Å². The third-order valence-electron chi connectivity index (χ3n) is 8.70. The van der Waals surface area contributed by atoms with Gasteiger partial charge in [-0.25, -0.2) is 15.0 Å². The maximum absolute atomic E-state index is 13.8. The average Bonchev–Trinajstić information content (AvgIpc) is 3.62. The SMILES string of the molecule is CCCCC1CCCN1Cc1sc(CC(=O)c2cnc(N3CCC(C(=O)O)CC3)cn2)nc1-c1ccc(C)c(C(F)(F)F)c1. The number of unbranched alkanes of at least 4 members (excludes halogenated alkanes) is 1. The lowest BCUT2D eigenvalue weighted by atomic mass is 9.97. The number of carboxylic acids is 1. The lowest BCUT2D eigenvalue weighted by Gasteiger charge is -2.30. The number of aromatic nitrogens is 3. The first-order valence-corrected chi connectivity index (χ1v) is 16.1. The van der Waals surface area contributed by atoms with Crippen LogP contribution in [0.4, 0.5) is 19.0 Å². The second-order valence-electron chi connectivity index (χ2n) is 11.8. The summed E-state index contributed by atoms with van der Waals surface area (Å²) in [6.45, 7) is 6.23. The van der Waals surface area contributed by atoms with Crippen LogP contribution in [0.15, 0.2) is 30.6 Å². The molecule has 1 atom stereocenters. The van der Waals surface area contributed by atoms with Crippen LogP contribution >= 0.6 is 11.3 Å². The highest BCUT2D eigenvalue weighted by atomic mass is 32.1. The molecule has 5 rings (SSSR count). The third kappa shape index (κ3) is 7.46. The van der Waals surface area contributed by atoms with E-state index < -0.39 is 17.7 Å². The largest absolute Gasteiger partial charge is 0.481 e. The number of halogens is 3. The van der Waals surface area contributed by atoms with Gasteiger partial charge < -0.3 is 10.0 Å². The number of thiazole rings is 1. The van der Waals surface area contributed by atoms with E-state index in [4.69, 9.17) is 4.98 Å². The molecule has 0 bridgehead atoms. The Hall–Kier alpha value is -3.38. The number of aryl methyl sites for hydroxylation is 1. The Morgan fingerprint density at radius 1 is 1.09 bits per heavy atom. The van der Waals surface area contributed by atoms with Gasteiger partial charge in [0.05, 0.1) is 36.0 Å². The van der Waals surface area contributed by atoms with E-state index in [0.717, 1.165) is 43.5 Å². The van der Waals surface area contributed by atoms with E-state index in [2.05, 4.69) is 21.8 Å². The molecule has 0 spiro atoms. The Morgan fingerprint density at radius 3 is 2.52 bits per heavy atom. The number of aliphatic carboxylic acids is 1. The van der Waals surface area contributed by atoms with Crippen LogP contribution < -0.4 is 4.90 Å². The molecule has 236 valence electrons.